The van der Waals surface area contributed by atoms with E-state index in [4.69, 9.17) is 0 Å². The second kappa shape index (κ2) is 8.64. The van der Waals surface area contributed by atoms with Crippen LogP contribution in [-0.2, 0) is 23.6 Å². The Balaban J connectivity index is 1.49. The molecule has 0 saturated carbocycles. The van der Waals surface area contributed by atoms with Crippen LogP contribution < -0.4 is 10.9 Å². The topological polar surface area (TPSA) is 88.5 Å². The van der Waals surface area contributed by atoms with Gasteiger partial charge in [-0.2, -0.15) is 4.31 Å². The standard InChI is InChI=1S/C23H25N3O4S/c1-25-21-8-4-3-7-19(21)20(15-22(25)27)23(28)24-16-17-9-11-18(12-10-17)31(29,30)26-13-5-2-6-14-26/h3-4,7-12,15H,2,5-6,13-14,16H2,1H3,(H,24,28). The van der Waals surface area contributed by atoms with E-state index in [1.807, 2.05) is 18.2 Å². The summed E-state index contributed by atoms with van der Waals surface area (Å²) in [5.41, 5.74) is 1.53. The second-order valence-electron chi connectivity index (χ2n) is 7.76. The van der Waals surface area contributed by atoms with E-state index in [9.17, 15) is 18.0 Å². The van der Waals surface area contributed by atoms with Gasteiger partial charge in [0, 0.05) is 38.1 Å². The van der Waals surface area contributed by atoms with Crippen LogP contribution in [0.25, 0.3) is 10.9 Å². The molecule has 0 unspecified atom stereocenters. The lowest BCUT2D eigenvalue weighted by Crippen LogP contribution is -2.35. The molecule has 2 heterocycles. The van der Waals surface area contributed by atoms with Gasteiger partial charge in [-0.15, -0.1) is 0 Å². The van der Waals surface area contributed by atoms with Crippen molar-refractivity contribution in [3.05, 3.63) is 76.1 Å². The number of rotatable bonds is 5. The van der Waals surface area contributed by atoms with E-state index in [0.29, 0.717) is 29.6 Å². The van der Waals surface area contributed by atoms with Gasteiger partial charge >= 0.3 is 0 Å². The molecule has 0 aliphatic carbocycles. The predicted octanol–water partition coefficient (Wildman–Crippen LogP) is 2.64. The summed E-state index contributed by atoms with van der Waals surface area (Å²) in [4.78, 5) is 25.2. The number of para-hydroxylation sites is 1. The molecule has 3 aromatic rings. The van der Waals surface area contributed by atoms with Gasteiger partial charge in [0.15, 0.2) is 0 Å². The first kappa shape index (κ1) is 21.3. The number of nitrogens with one attached hydrogen (secondary N) is 1. The largest absolute Gasteiger partial charge is 0.348 e. The lowest BCUT2D eigenvalue weighted by atomic mass is 10.1. The quantitative estimate of drug-likeness (QED) is 0.662. The van der Waals surface area contributed by atoms with Gasteiger partial charge in [0.25, 0.3) is 11.5 Å². The van der Waals surface area contributed by atoms with Gasteiger partial charge in [-0.3, -0.25) is 9.59 Å². The highest BCUT2D eigenvalue weighted by atomic mass is 32.2. The maximum absolute atomic E-state index is 12.8. The molecule has 0 atom stereocenters. The fourth-order valence-corrected chi connectivity index (χ4v) is 5.43. The van der Waals surface area contributed by atoms with Crippen LogP contribution in [0.15, 0.2) is 64.3 Å². The van der Waals surface area contributed by atoms with E-state index in [0.717, 1.165) is 24.8 Å². The molecular weight excluding hydrogens is 414 g/mol. The van der Waals surface area contributed by atoms with Crippen LogP contribution in [0.1, 0.15) is 35.2 Å². The highest BCUT2D eigenvalue weighted by Crippen LogP contribution is 2.21. The molecule has 1 aliphatic heterocycles. The lowest BCUT2D eigenvalue weighted by Gasteiger charge is -2.25. The zero-order valence-corrected chi connectivity index (χ0v) is 18.2. The van der Waals surface area contributed by atoms with Crippen LogP contribution in [-0.4, -0.2) is 36.3 Å². The molecule has 31 heavy (non-hydrogen) atoms. The third kappa shape index (κ3) is 4.26. The number of aromatic nitrogens is 1. The number of sulfonamides is 1. The van der Waals surface area contributed by atoms with E-state index in [1.165, 1.54) is 14.9 Å². The fraction of sp³-hybridized carbons (Fsp3) is 0.304. The van der Waals surface area contributed by atoms with Crippen molar-refractivity contribution in [3.63, 3.8) is 0 Å². The van der Waals surface area contributed by atoms with Crippen molar-refractivity contribution in [2.75, 3.05) is 13.1 Å². The number of aryl methyl sites for hydroxylation is 1. The first-order valence-electron chi connectivity index (χ1n) is 10.3. The SMILES string of the molecule is Cn1c(=O)cc(C(=O)NCc2ccc(S(=O)(=O)N3CCCCC3)cc2)c2ccccc21. The summed E-state index contributed by atoms with van der Waals surface area (Å²) in [7, 11) is -1.80. The summed E-state index contributed by atoms with van der Waals surface area (Å²) < 4.78 is 28.6. The summed E-state index contributed by atoms with van der Waals surface area (Å²) in [5, 5.41) is 3.53. The Bertz CT molecular complexity index is 1270. The highest BCUT2D eigenvalue weighted by molar-refractivity contribution is 7.89. The van der Waals surface area contributed by atoms with Gasteiger partial charge in [0.05, 0.1) is 16.0 Å². The molecule has 1 fully saturated rings. The molecule has 7 nitrogen and oxygen atoms in total. The van der Waals surface area contributed by atoms with E-state index in [1.54, 1.807) is 37.4 Å². The summed E-state index contributed by atoms with van der Waals surface area (Å²) >= 11 is 0. The van der Waals surface area contributed by atoms with Crippen molar-refractivity contribution in [2.45, 2.75) is 30.7 Å². The van der Waals surface area contributed by atoms with E-state index in [-0.39, 0.29) is 22.9 Å². The van der Waals surface area contributed by atoms with Crippen LogP contribution in [0.3, 0.4) is 0 Å². The van der Waals surface area contributed by atoms with Crippen LogP contribution in [0.2, 0.25) is 0 Å². The molecular formula is C23H25N3O4S. The van der Waals surface area contributed by atoms with Crippen LogP contribution in [0.4, 0.5) is 0 Å². The summed E-state index contributed by atoms with van der Waals surface area (Å²) in [6, 6.07) is 15.2. The average molecular weight is 440 g/mol. The van der Waals surface area contributed by atoms with Crippen molar-refractivity contribution in [2.24, 2.45) is 7.05 Å². The molecule has 0 bridgehead atoms. The number of fused-ring (bicyclic) bond motifs is 1. The number of carbonyl (C=O) groups is 1. The second-order valence-corrected chi connectivity index (χ2v) is 9.70. The van der Waals surface area contributed by atoms with Crippen molar-refractivity contribution in [1.82, 2.24) is 14.2 Å². The minimum Gasteiger partial charge on any atom is -0.348 e. The summed E-state index contributed by atoms with van der Waals surface area (Å²) in [6.07, 6.45) is 2.84. The van der Waals surface area contributed by atoms with Crippen LogP contribution in [0.5, 0.6) is 0 Å². The van der Waals surface area contributed by atoms with Crippen molar-refractivity contribution in [1.29, 1.82) is 0 Å². The van der Waals surface area contributed by atoms with Gasteiger partial charge in [-0.05, 0) is 36.6 Å². The van der Waals surface area contributed by atoms with Crippen molar-refractivity contribution in [3.8, 4) is 0 Å². The molecule has 1 amide bonds. The lowest BCUT2D eigenvalue weighted by molar-refractivity contribution is 0.0952. The number of carbonyl (C=O) groups excluding carboxylic acids is 1. The highest BCUT2D eigenvalue weighted by Gasteiger charge is 2.25. The molecule has 8 heteroatoms. The Morgan fingerprint density at radius 3 is 2.39 bits per heavy atom. The van der Waals surface area contributed by atoms with E-state index < -0.39 is 10.0 Å². The molecule has 1 saturated heterocycles. The zero-order valence-electron chi connectivity index (χ0n) is 17.4. The molecule has 1 aromatic heterocycles. The Kier molecular flexibility index (Phi) is 5.93. The predicted molar refractivity (Wildman–Crippen MR) is 119 cm³/mol. The third-order valence-electron chi connectivity index (χ3n) is 5.73. The van der Waals surface area contributed by atoms with Gasteiger partial charge in [0.2, 0.25) is 10.0 Å². The minimum atomic E-state index is -3.48. The van der Waals surface area contributed by atoms with Gasteiger partial charge in [-0.1, -0.05) is 36.8 Å². The number of amides is 1. The maximum atomic E-state index is 12.8. The Morgan fingerprint density at radius 1 is 1.00 bits per heavy atom. The zero-order chi connectivity index (χ0) is 22.0. The number of pyridine rings is 1. The molecule has 0 radical (unpaired) electrons. The maximum Gasteiger partial charge on any atom is 0.252 e. The van der Waals surface area contributed by atoms with Crippen molar-refractivity contribution >= 4 is 26.8 Å². The van der Waals surface area contributed by atoms with Crippen LogP contribution >= 0.6 is 0 Å². The Hall–Kier alpha value is -2.97. The molecule has 162 valence electrons. The summed E-state index contributed by atoms with van der Waals surface area (Å²) in [6.45, 7) is 1.35. The van der Waals surface area contributed by atoms with Gasteiger partial charge < -0.3 is 9.88 Å². The molecule has 0 spiro atoms. The number of hydrogen-bond donors (Lipinski definition) is 1. The first-order chi connectivity index (χ1) is 14.9. The Morgan fingerprint density at radius 2 is 1.68 bits per heavy atom. The van der Waals surface area contributed by atoms with Gasteiger partial charge in [-0.25, -0.2) is 8.42 Å². The Labute approximate surface area is 181 Å². The number of hydrogen-bond acceptors (Lipinski definition) is 4. The average Bonchev–Trinajstić information content (AvgIpc) is 2.80. The fourth-order valence-electron chi connectivity index (χ4n) is 3.91. The number of nitrogens with zero attached hydrogens (tertiary/aromatic N) is 2. The number of benzene rings is 2. The van der Waals surface area contributed by atoms with Crippen LogP contribution in [0, 0.1) is 0 Å². The molecule has 4 rings (SSSR count). The first-order valence-corrected chi connectivity index (χ1v) is 11.8. The smallest absolute Gasteiger partial charge is 0.252 e. The third-order valence-corrected chi connectivity index (χ3v) is 7.64. The molecule has 1 N–H and O–H groups in total. The molecule has 1 aliphatic rings. The van der Waals surface area contributed by atoms with Crippen molar-refractivity contribution < 1.29 is 13.2 Å². The normalized spacial score (nSPS) is 15.1. The van der Waals surface area contributed by atoms with Gasteiger partial charge in [0.1, 0.15) is 0 Å². The summed E-state index contributed by atoms with van der Waals surface area (Å²) in [5.74, 6) is -0.348. The monoisotopic (exact) mass is 439 g/mol. The van der Waals surface area contributed by atoms with E-state index >= 15 is 0 Å². The molecule has 2 aromatic carbocycles. The van der Waals surface area contributed by atoms with E-state index in [2.05, 4.69) is 5.32 Å². The number of piperidine rings is 1. The minimum absolute atomic E-state index is 0.229.